The zero-order chi connectivity index (χ0) is 13.8. The molecule has 0 saturated heterocycles. The van der Waals surface area contributed by atoms with Crippen LogP contribution in [0.1, 0.15) is 5.56 Å². The van der Waals surface area contributed by atoms with E-state index in [9.17, 15) is 10.1 Å². The molecule has 2 aromatic rings. The van der Waals surface area contributed by atoms with Gasteiger partial charge in [-0.15, -0.1) is 0 Å². The van der Waals surface area contributed by atoms with Crippen LogP contribution in [0.4, 0.5) is 5.69 Å². The van der Waals surface area contributed by atoms with Crippen molar-refractivity contribution >= 4 is 17.3 Å². The number of halogens is 1. The normalized spacial score (nSPS) is 9.68. The number of benzene rings is 1. The van der Waals surface area contributed by atoms with Crippen LogP contribution in [-0.2, 0) is 0 Å². The first-order valence-electron chi connectivity index (χ1n) is 4.95. The minimum absolute atomic E-state index is 0.0289. The highest BCUT2D eigenvalue weighted by Gasteiger charge is 2.17. The number of aromatic nitrogens is 2. The van der Waals surface area contributed by atoms with E-state index in [4.69, 9.17) is 21.6 Å². The number of ether oxygens (including phenoxy) is 1. The maximum atomic E-state index is 10.9. The second kappa shape index (κ2) is 5.29. The smallest absolute Gasteiger partial charge is 0.312 e. The second-order valence-corrected chi connectivity index (χ2v) is 3.66. The van der Waals surface area contributed by atoms with Gasteiger partial charge in [-0.3, -0.25) is 10.1 Å². The molecule has 0 saturated carbocycles. The van der Waals surface area contributed by atoms with Gasteiger partial charge in [0.15, 0.2) is 0 Å². The average molecular weight is 277 g/mol. The molecule has 1 heterocycles. The molecule has 1 aromatic carbocycles. The number of nitrogens with zero attached hydrogens (tertiary/aromatic N) is 4. The largest absolute Gasteiger partial charge is 0.432 e. The van der Waals surface area contributed by atoms with Gasteiger partial charge in [-0.1, -0.05) is 0 Å². The first kappa shape index (κ1) is 12.7. The molecule has 0 spiro atoms. The SMILES string of the molecule is N#Cc1ccc(Oc2ccnc(Cl)n2)c([N+](=O)[O-])c1. The summed E-state index contributed by atoms with van der Waals surface area (Å²) < 4.78 is 5.26. The van der Waals surface area contributed by atoms with Crippen LogP contribution in [0.15, 0.2) is 30.5 Å². The zero-order valence-corrected chi connectivity index (χ0v) is 10.0. The standard InChI is InChI=1S/C11H5ClN4O3/c12-11-14-4-3-10(15-11)19-9-2-1-7(6-13)5-8(9)16(17)18/h1-5H. The summed E-state index contributed by atoms with van der Waals surface area (Å²) in [7, 11) is 0. The van der Waals surface area contributed by atoms with Gasteiger partial charge in [0.2, 0.25) is 16.9 Å². The number of hydrogen-bond acceptors (Lipinski definition) is 6. The van der Waals surface area contributed by atoms with Crippen molar-refractivity contribution in [2.45, 2.75) is 0 Å². The molecule has 0 aliphatic rings. The molecule has 0 bridgehead atoms. The number of rotatable bonds is 3. The molecule has 0 unspecified atom stereocenters. The Kier molecular flexibility index (Phi) is 3.54. The Balaban J connectivity index is 2.40. The van der Waals surface area contributed by atoms with E-state index in [0.717, 1.165) is 6.07 Å². The molecule has 7 nitrogen and oxygen atoms in total. The summed E-state index contributed by atoms with van der Waals surface area (Å²) in [6, 6.07) is 7.08. The highest BCUT2D eigenvalue weighted by atomic mass is 35.5. The Morgan fingerprint density at radius 1 is 1.42 bits per heavy atom. The summed E-state index contributed by atoms with van der Waals surface area (Å²) in [6.45, 7) is 0. The van der Waals surface area contributed by atoms with E-state index in [0.29, 0.717) is 0 Å². The molecule has 0 fully saturated rings. The summed E-state index contributed by atoms with van der Waals surface area (Å²) in [5.74, 6) is 0.0478. The van der Waals surface area contributed by atoms with Crippen molar-refractivity contribution < 1.29 is 9.66 Å². The third-order valence-electron chi connectivity index (χ3n) is 2.10. The van der Waals surface area contributed by atoms with E-state index >= 15 is 0 Å². The van der Waals surface area contributed by atoms with Crippen LogP contribution in [0.25, 0.3) is 0 Å². The zero-order valence-electron chi connectivity index (χ0n) is 9.28. The third kappa shape index (κ3) is 2.94. The Labute approximate surface area is 112 Å². The molecule has 0 aliphatic heterocycles. The molecule has 94 valence electrons. The van der Waals surface area contributed by atoms with Crippen molar-refractivity contribution in [1.29, 1.82) is 5.26 Å². The summed E-state index contributed by atoms with van der Waals surface area (Å²) in [6.07, 6.45) is 1.36. The van der Waals surface area contributed by atoms with Crippen molar-refractivity contribution in [3.05, 3.63) is 51.4 Å². The van der Waals surface area contributed by atoms with Gasteiger partial charge in [0.05, 0.1) is 16.6 Å². The summed E-state index contributed by atoms with van der Waals surface area (Å²) >= 11 is 5.58. The summed E-state index contributed by atoms with van der Waals surface area (Å²) in [5.41, 5.74) is -0.159. The number of hydrogen-bond donors (Lipinski definition) is 0. The summed E-state index contributed by atoms with van der Waals surface area (Å²) in [5, 5.41) is 19.6. The van der Waals surface area contributed by atoms with Crippen molar-refractivity contribution in [3.63, 3.8) is 0 Å². The Morgan fingerprint density at radius 2 is 2.21 bits per heavy atom. The topological polar surface area (TPSA) is 102 Å². The van der Waals surface area contributed by atoms with Crippen molar-refractivity contribution in [1.82, 2.24) is 9.97 Å². The van der Waals surface area contributed by atoms with E-state index < -0.39 is 4.92 Å². The fourth-order valence-corrected chi connectivity index (χ4v) is 1.44. The Bertz CT molecular complexity index is 684. The van der Waals surface area contributed by atoms with Gasteiger partial charge in [-0.05, 0) is 23.7 Å². The van der Waals surface area contributed by atoms with Crippen LogP contribution in [0.3, 0.4) is 0 Å². The first-order valence-corrected chi connectivity index (χ1v) is 5.33. The van der Waals surface area contributed by atoms with E-state index in [1.54, 1.807) is 0 Å². The molecule has 0 radical (unpaired) electrons. The molecule has 0 amide bonds. The monoisotopic (exact) mass is 276 g/mol. The van der Waals surface area contributed by atoms with Crippen LogP contribution in [0.2, 0.25) is 5.28 Å². The lowest BCUT2D eigenvalue weighted by atomic mass is 10.2. The molecule has 0 N–H and O–H groups in total. The molecule has 0 aliphatic carbocycles. The van der Waals surface area contributed by atoms with Gasteiger partial charge < -0.3 is 4.74 Å². The predicted octanol–water partition coefficient (Wildman–Crippen LogP) is 2.70. The molecule has 19 heavy (non-hydrogen) atoms. The van der Waals surface area contributed by atoms with E-state index in [1.165, 1.54) is 24.4 Å². The fraction of sp³-hybridized carbons (Fsp3) is 0. The van der Waals surface area contributed by atoms with Gasteiger partial charge in [0, 0.05) is 18.3 Å². The van der Waals surface area contributed by atoms with Gasteiger partial charge in [-0.2, -0.15) is 10.2 Å². The van der Waals surface area contributed by atoms with Gasteiger partial charge in [-0.25, -0.2) is 4.98 Å². The van der Waals surface area contributed by atoms with Gasteiger partial charge in [0.1, 0.15) is 0 Å². The quantitative estimate of drug-likeness (QED) is 0.485. The lowest BCUT2D eigenvalue weighted by Crippen LogP contribution is -1.96. The molecular weight excluding hydrogens is 272 g/mol. The third-order valence-corrected chi connectivity index (χ3v) is 2.28. The van der Waals surface area contributed by atoms with Crippen LogP contribution < -0.4 is 4.74 Å². The maximum Gasteiger partial charge on any atom is 0.312 e. The minimum atomic E-state index is -0.640. The Hall–Kier alpha value is -2.72. The van der Waals surface area contributed by atoms with Gasteiger partial charge in [0.25, 0.3) is 0 Å². The lowest BCUT2D eigenvalue weighted by Gasteiger charge is -2.05. The summed E-state index contributed by atoms with van der Waals surface area (Å²) in [4.78, 5) is 17.7. The van der Waals surface area contributed by atoms with Crippen LogP contribution in [0.5, 0.6) is 11.6 Å². The number of nitro benzene ring substituents is 1. The fourth-order valence-electron chi connectivity index (χ4n) is 1.31. The maximum absolute atomic E-state index is 10.9. The van der Waals surface area contributed by atoms with E-state index in [2.05, 4.69) is 9.97 Å². The number of nitro groups is 1. The van der Waals surface area contributed by atoms with Crippen molar-refractivity contribution in [2.24, 2.45) is 0 Å². The number of nitriles is 1. The van der Waals surface area contributed by atoms with Crippen molar-refractivity contribution in [3.8, 4) is 17.7 Å². The predicted molar refractivity (Wildman–Crippen MR) is 64.9 cm³/mol. The molecule has 1 aromatic heterocycles. The van der Waals surface area contributed by atoms with Crippen LogP contribution in [-0.4, -0.2) is 14.9 Å². The van der Waals surface area contributed by atoms with Crippen LogP contribution >= 0.6 is 11.6 Å². The average Bonchev–Trinajstić information content (AvgIpc) is 2.39. The molecule has 2 rings (SSSR count). The van der Waals surface area contributed by atoms with Crippen LogP contribution in [0, 0.1) is 21.4 Å². The molecule has 0 atom stereocenters. The lowest BCUT2D eigenvalue weighted by molar-refractivity contribution is -0.385. The second-order valence-electron chi connectivity index (χ2n) is 3.32. The molecule has 8 heteroatoms. The highest BCUT2D eigenvalue weighted by Crippen LogP contribution is 2.31. The molecular formula is C11H5ClN4O3. The van der Waals surface area contributed by atoms with E-state index in [-0.39, 0.29) is 28.2 Å². The van der Waals surface area contributed by atoms with Gasteiger partial charge >= 0.3 is 5.69 Å². The first-order chi connectivity index (χ1) is 9.10. The van der Waals surface area contributed by atoms with Crippen molar-refractivity contribution in [2.75, 3.05) is 0 Å². The minimum Gasteiger partial charge on any atom is -0.432 e. The van der Waals surface area contributed by atoms with E-state index in [1.807, 2.05) is 6.07 Å². The Morgan fingerprint density at radius 3 is 2.84 bits per heavy atom. The highest BCUT2D eigenvalue weighted by molar-refractivity contribution is 6.28.